The van der Waals surface area contributed by atoms with E-state index in [1.807, 2.05) is 13.8 Å². The second kappa shape index (κ2) is 6.83. The molecule has 1 amide bonds. The summed E-state index contributed by atoms with van der Waals surface area (Å²) >= 11 is 0. The summed E-state index contributed by atoms with van der Waals surface area (Å²) < 4.78 is 4.78. The molecule has 1 aliphatic rings. The third-order valence-corrected chi connectivity index (χ3v) is 3.47. The number of carboxylic acids is 1. The molecule has 0 aromatic rings. The molecule has 7 nitrogen and oxygen atoms in total. The van der Waals surface area contributed by atoms with Crippen molar-refractivity contribution < 1.29 is 19.4 Å². The average molecular weight is 273 g/mol. The minimum atomic E-state index is -1.08. The highest BCUT2D eigenvalue weighted by Crippen LogP contribution is 2.15. The Bertz CT molecular complexity index is 327. The molecule has 1 atom stereocenters. The monoisotopic (exact) mass is 273 g/mol. The summed E-state index contributed by atoms with van der Waals surface area (Å²) in [5.74, 6) is -1.26. The van der Waals surface area contributed by atoms with Gasteiger partial charge < -0.3 is 20.5 Å². The molecule has 0 aromatic carbocycles. The molecule has 110 valence electrons. The van der Waals surface area contributed by atoms with Gasteiger partial charge in [-0.3, -0.25) is 9.69 Å². The highest BCUT2D eigenvalue weighted by atomic mass is 16.5. The van der Waals surface area contributed by atoms with Crippen LogP contribution in [0.25, 0.3) is 0 Å². The van der Waals surface area contributed by atoms with E-state index >= 15 is 0 Å². The zero-order chi connectivity index (χ0) is 14.5. The molecular weight excluding hydrogens is 250 g/mol. The number of rotatable bonds is 6. The number of nitrogens with one attached hydrogen (secondary N) is 2. The minimum Gasteiger partial charge on any atom is -0.479 e. The van der Waals surface area contributed by atoms with Crippen LogP contribution in [0.15, 0.2) is 0 Å². The van der Waals surface area contributed by atoms with Gasteiger partial charge in [0.1, 0.15) is 0 Å². The van der Waals surface area contributed by atoms with Gasteiger partial charge in [0, 0.05) is 33.3 Å². The van der Waals surface area contributed by atoms with E-state index in [2.05, 4.69) is 15.5 Å². The van der Waals surface area contributed by atoms with Crippen LogP contribution in [0.4, 0.5) is 0 Å². The summed E-state index contributed by atoms with van der Waals surface area (Å²) in [6.07, 6.45) is -1.01. The number of ether oxygens (including phenoxy) is 1. The fraction of sp³-hybridized carbons (Fsp3) is 0.833. The first-order valence-corrected chi connectivity index (χ1v) is 6.39. The Labute approximate surface area is 113 Å². The lowest BCUT2D eigenvalue weighted by Crippen LogP contribution is -2.60. The molecule has 1 unspecified atom stereocenters. The minimum absolute atomic E-state index is 0.0276. The maximum atomic E-state index is 12.2. The summed E-state index contributed by atoms with van der Waals surface area (Å²) in [5.41, 5.74) is -0.654. The molecule has 1 rings (SSSR count). The Kier molecular flexibility index (Phi) is 5.71. The van der Waals surface area contributed by atoms with Crippen molar-refractivity contribution >= 4 is 11.9 Å². The van der Waals surface area contributed by atoms with Crippen LogP contribution in [0.1, 0.15) is 13.8 Å². The first kappa shape index (κ1) is 15.9. The Balaban J connectivity index is 2.53. The predicted octanol–water partition coefficient (Wildman–Crippen LogP) is -1.11. The average Bonchev–Trinajstić information content (AvgIpc) is 2.39. The van der Waals surface area contributed by atoms with Crippen LogP contribution in [0.2, 0.25) is 0 Å². The number of amides is 1. The number of hydrogen-bond donors (Lipinski definition) is 3. The Morgan fingerprint density at radius 1 is 1.42 bits per heavy atom. The van der Waals surface area contributed by atoms with Gasteiger partial charge in [-0.25, -0.2) is 4.79 Å². The fourth-order valence-electron chi connectivity index (χ4n) is 2.04. The summed E-state index contributed by atoms with van der Waals surface area (Å²) in [6, 6.07) is 0. The van der Waals surface area contributed by atoms with Crippen molar-refractivity contribution in [1.29, 1.82) is 0 Å². The molecular formula is C12H23N3O4. The molecule has 19 heavy (non-hydrogen) atoms. The van der Waals surface area contributed by atoms with Crippen LogP contribution in [0.5, 0.6) is 0 Å². The van der Waals surface area contributed by atoms with Crippen molar-refractivity contribution in [3.63, 3.8) is 0 Å². The van der Waals surface area contributed by atoms with E-state index < -0.39 is 17.6 Å². The van der Waals surface area contributed by atoms with Crippen molar-refractivity contribution in [2.24, 2.45) is 0 Å². The number of methoxy groups -OCH3 is 1. The Hall–Kier alpha value is -1.18. The number of aliphatic carboxylic acids is 1. The van der Waals surface area contributed by atoms with Crippen LogP contribution in [-0.2, 0) is 14.3 Å². The third-order valence-electron chi connectivity index (χ3n) is 3.47. The van der Waals surface area contributed by atoms with Gasteiger partial charge in [0.25, 0.3) is 0 Å². The van der Waals surface area contributed by atoms with Gasteiger partial charge in [0.05, 0.1) is 12.1 Å². The first-order chi connectivity index (χ1) is 8.89. The predicted molar refractivity (Wildman–Crippen MR) is 70.0 cm³/mol. The fourth-order valence-corrected chi connectivity index (χ4v) is 2.04. The van der Waals surface area contributed by atoms with E-state index in [0.29, 0.717) is 0 Å². The lowest BCUT2D eigenvalue weighted by atomic mass is 10.0. The van der Waals surface area contributed by atoms with Crippen LogP contribution in [0.3, 0.4) is 0 Å². The summed E-state index contributed by atoms with van der Waals surface area (Å²) in [5, 5.41) is 14.7. The van der Waals surface area contributed by atoms with Crippen LogP contribution in [0, 0.1) is 0 Å². The normalized spacial score (nSPS) is 18.9. The number of carbonyl (C=O) groups excluding carboxylic acids is 1. The van der Waals surface area contributed by atoms with E-state index in [1.165, 1.54) is 7.11 Å². The zero-order valence-electron chi connectivity index (χ0n) is 11.7. The summed E-state index contributed by atoms with van der Waals surface area (Å²) in [6.45, 7) is 6.96. The number of carbonyl (C=O) groups is 2. The molecule has 1 aliphatic heterocycles. The van der Waals surface area contributed by atoms with Gasteiger partial charge in [-0.1, -0.05) is 0 Å². The maximum Gasteiger partial charge on any atom is 0.334 e. The molecule has 1 saturated heterocycles. The molecule has 0 aromatic heterocycles. The van der Waals surface area contributed by atoms with E-state index in [0.717, 1.165) is 26.2 Å². The number of carboxylic acid groups (broad SMARTS) is 1. The van der Waals surface area contributed by atoms with Gasteiger partial charge in [0.2, 0.25) is 5.91 Å². The summed E-state index contributed by atoms with van der Waals surface area (Å²) in [4.78, 5) is 25.1. The molecule has 0 bridgehead atoms. The first-order valence-electron chi connectivity index (χ1n) is 6.39. The SMILES string of the molecule is COC(CNC(=O)C(C)(C)N1CCNCC1)C(=O)O. The lowest BCUT2D eigenvalue weighted by molar-refractivity contribution is -0.148. The number of hydrogen-bond acceptors (Lipinski definition) is 5. The Morgan fingerprint density at radius 2 is 2.00 bits per heavy atom. The molecule has 3 N–H and O–H groups in total. The quantitative estimate of drug-likeness (QED) is 0.568. The second-order valence-corrected chi connectivity index (χ2v) is 5.07. The van der Waals surface area contributed by atoms with Gasteiger partial charge >= 0.3 is 5.97 Å². The van der Waals surface area contributed by atoms with Crippen molar-refractivity contribution in [3.05, 3.63) is 0 Å². The topological polar surface area (TPSA) is 90.9 Å². The lowest BCUT2D eigenvalue weighted by Gasteiger charge is -2.39. The molecule has 0 saturated carbocycles. The van der Waals surface area contributed by atoms with Crippen LogP contribution >= 0.6 is 0 Å². The largest absolute Gasteiger partial charge is 0.479 e. The van der Waals surface area contributed by atoms with Gasteiger partial charge in [-0.05, 0) is 13.8 Å². The smallest absolute Gasteiger partial charge is 0.334 e. The van der Waals surface area contributed by atoms with E-state index in [1.54, 1.807) is 0 Å². The van der Waals surface area contributed by atoms with Crippen molar-refractivity contribution in [2.75, 3.05) is 39.8 Å². The van der Waals surface area contributed by atoms with E-state index in [-0.39, 0.29) is 12.5 Å². The maximum absolute atomic E-state index is 12.2. The number of nitrogens with zero attached hydrogens (tertiary/aromatic N) is 1. The second-order valence-electron chi connectivity index (χ2n) is 5.07. The van der Waals surface area contributed by atoms with Gasteiger partial charge in [-0.15, -0.1) is 0 Å². The van der Waals surface area contributed by atoms with E-state index in [9.17, 15) is 9.59 Å². The van der Waals surface area contributed by atoms with Crippen LogP contribution in [-0.4, -0.2) is 73.4 Å². The Morgan fingerprint density at radius 3 is 2.47 bits per heavy atom. The molecule has 0 radical (unpaired) electrons. The van der Waals surface area contributed by atoms with E-state index in [4.69, 9.17) is 9.84 Å². The highest BCUT2D eigenvalue weighted by Gasteiger charge is 2.35. The number of piperazine rings is 1. The van der Waals surface area contributed by atoms with Gasteiger partial charge in [0.15, 0.2) is 6.10 Å². The van der Waals surface area contributed by atoms with Crippen LogP contribution < -0.4 is 10.6 Å². The molecule has 1 heterocycles. The summed E-state index contributed by atoms with van der Waals surface area (Å²) in [7, 11) is 1.31. The van der Waals surface area contributed by atoms with Crippen molar-refractivity contribution in [2.45, 2.75) is 25.5 Å². The van der Waals surface area contributed by atoms with Crippen molar-refractivity contribution in [1.82, 2.24) is 15.5 Å². The molecule has 7 heteroatoms. The molecule has 0 spiro atoms. The molecule has 0 aliphatic carbocycles. The zero-order valence-corrected chi connectivity index (χ0v) is 11.7. The third kappa shape index (κ3) is 4.15. The highest BCUT2D eigenvalue weighted by molar-refractivity contribution is 5.86. The molecule has 1 fully saturated rings. The standard InChI is InChI=1S/C12H23N3O4/c1-12(2,15-6-4-13-5-7-15)11(18)14-8-9(19-3)10(16)17/h9,13H,4-8H2,1-3H3,(H,14,18)(H,16,17). The van der Waals surface area contributed by atoms with Crippen molar-refractivity contribution in [3.8, 4) is 0 Å². The van der Waals surface area contributed by atoms with Gasteiger partial charge in [-0.2, -0.15) is 0 Å².